The third-order valence-electron chi connectivity index (χ3n) is 14.3. The minimum Gasteiger partial charge on any atom is -0.394 e. The van der Waals surface area contributed by atoms with Gasteiger partial charge in [-0.05, 0) is 12.8 Å². The number of amides is 1. The van der Waals surface area contributed by atoms with Crippen LogP contribution in [0.2, 0.25) is 0 Å². The summed E-state index contributed by atoms with van der Waals surface area (Å²) in [4.78, 5) is 13.1. The van der Waals surface area contributed by atoms with Crippen LogP contribution in [0.15, 0.2) is 0 Å². The van der Waals surface area contributed by atoms with Gasteiger partial charge in [-0.25, -0.2) is 0 Å². The number of nitrogens with one attached hydrogen (secondary N) is 1. The zero-order chi connectivity index (χ0) is 48.1. The average molecular weight is 943 g/mol. The highest BCUT2D eigenvalue weighted by atomic mass is 16.7. The predicted molar refractivity (Wildman–Crippen MR) is 274 cm³/mol. The fraction of sp³-hybridized carbons (Fsp3) is 0.982. The molecule has 0 aliphatic carbocycles. The Balaban J connectivity index is 2.21. The van der Waals surface area contributed by atoms with Gasteiger partial charge in [-0.2, -0.15) is 0 Å². The van der Waals surface area contributed by atoms with Crippen LogP contribution in [0.3, 0.4) is 0 Å². The SMILES string of the molecule is CCCCCCCCCCCCCCCCCCCCCCCCCCCCC(=O)N[C@@H](CO[C@@H]1O[C@H](CO)[C@H](O)C(O)C1O)[C@H](O)[C@H](O)CCCCCCCCCCCCCCCCC. The number of carbonyl (C=O) groups is 1. The summed E-state index contributed by atoms with van der Waals surface area (Å²) >= 11 is 0. The van der Waals surface area contributed by atoms with Crippen molar-refractivity contribution < 1.29 is 44.9 Å². The van der Waals surface area contributed by atoms with Crippen LogP contribution in [0.4, 0.5) is 0 Å². The topological polar surface area (TPSA) is 169 Å². The van der Waals surface area contributed by atoms with Gasteiger partial charge < -0.3 is 45.4 Å². The molecule has 1 saturated heterocycles. The van der Waals surface area contributed by atoms with Crippen LogP contribution in [0.1, 0.15) is 290 Å². The molecule has 10 nitrogen and oxygen atoms in total. The Labute approximate surface area is 407 Å². The molecule has 0 radical (unpaired) electrons. The number of rotatable bonds is 50. The number of aliphatic hydroxyl groups is 6. The summed E-state index contributed by atoms with van der Waals surface area (Å²) in [6.45, 7) is 3.65. The quantitative estimate of drug-likeness (QED) is 0.0294. The van der Waals surface area contributed by atoms with Crippen LogP contribution in [0, 0.1) is 0 Å². The standard InChI is InChI=1S/C56H111NO9/c1-3-5-7-9-11-13-15-17-19-20-21-22-23-24-25-26-27-28-29-31-33-35-37-39-41-43-45-51(60)57-48(47-65-56-55(64)54(63)53(62)50(46-58)66-56)52(61)49(59)44-42-40-38-36-34-32-30-18-16-14-12-10-8-6-4-2/h48-50,52-56,58-59,61-64H,3-47H2,1-2H3,(H,57,60)/t48-,49+,50+,52-,53-,54?,55?,56+/m0/s1. The van der Waals surface area contributed by atoms with Crippen molar-refractivity contribution in [3.63, 3.8) is 0 Å². The average Bonchev–Trinajstić information content (AvgIpc) is 3.32. The van der Waals surface area contributed by atoms with Crippen molar-refractivity contribution in [3.05, 3.63) is 0 Å². The molecule has 1 amide bonds. The molecule has 0 saturated carbocycles. The molecule has 0 aromatic carbocycles. The van der Waals surface area contributed by atoms with Gasteiger partial charge in [0.2, 0.25) is 5.91 Å². The summed E-state index contributed by atoms with van der Waals surface area (Å²) in [6.07, 6.45) is 44.1. The van der Waals surface area contributed by atoms with Gasteiger partial charge in [0.25, 0.3) is 0 Å². The van der Waals surface area contributed by atoms with Crippen molar-refractivity contribution in [2.75, 3.05) is 13.2 Å². The lowest BCUT2D eigenvalue weighted by Crippen LogP contribution is -2.60. The van der Waals surface area contributed by atoms with Crippen LogP contribution in [-0.2, 0) is 14.3 Å². The smallest absolute Gasteiger partial charge is 0.220 e. The van der Waals surface area contributed by atoms with E-state index in [0.717, 1.165) is 38.5 Å². The molecule has 394 valence electrons. The van der Waals surface area contributed by atoms with Gasteiger partial charge in [0, 0.05) is 6.42 Å². The van der Waals surface area contributed by atoms with E-state index in [9.17, 15) is 35.4 Å². The van der Waals surface area contributed by atoms with Crippen molar-refractivity contribution in [3.8, 4) is 0 Å². The van der Waals surface area contributed by atoms with E-state index >= 15 is 0 Å². The van der Waals surface area contributed by atoms with Crippen molar-refractivity contribution in [2.45, 2.75) is 339 Å². The third-order valence-corrected chi connectivity index (χ3v) is 14.3. The first kappa shape index (κ1) is 63.2. The number of hydrogen-bond donors (Lipinski definition) is 7. The molecule has 1 rings (SSSR count). The molecule has 1 fully saturated rings. The lowest BCUT2D eigenvalue weighted by atomic mass is 9.98. The summed E-state index contributed by atoms with van der Waals surface area (Å²) < 4.78 is 11.2. The second kappa shape index (κ2) is 46.5. The van der Waals surface area contributed by atoms with Crippen molar-refractivity contribution in [1.82, 2.24) is 5.32 Å². The summed E-state index contributed by atoms with van der Waals surface area (Å²) in [7, 11) is 0. The van der Waals surface area contributed by atoms with Gasteiger partial charge in [-0.3, -0.25) is 4.79 Å². The minimum atomic E-state index is -1.60. The van der Waals surface area contributed by atoms with E-state index in [4.69, 9.17) is 9.47 Å². The van der Waals surface area contributed by atoms with Crippen molar-refractivity contribution >= 4 is 5.91 Å². The molecule has 1 aliphatic heterocycles. The van der Waals surface area contributed by atoms with Crippen LogP contribution in [0.25, 0.3) is 0 Å². The molecule has 10 heteroatoms. The highest BCUT2D eigenvalue weighted by Crippen LogP contribution is 2.24. The molecule has 0 aromatic heterocycles. The highest BCUT2D eigenvalue weighted by molar-refractivity contribution is 5.76. The maximum absolute atomic E-state index is 13.1. The van der Waals surface area contributed by atoms with Gasteiger partial charge in [-0.15, -0.1) is 0 Å². The Morgan fingerprint density at radius 3 is 1.12 bits per heavy atom. The zero-order valence-corrected chi connectivity index (χ0v) is 43.3. The van der Waals surface area contributed by atoms with E-state index in [1.807, 2.05) is 0 Å². The molecule has 66 heavy (non-hydrogen) atoms. The van der Waals surface area contributed by atoms with Gasteiger partial charge >= 0.3 is 0 Å². The third kappa shape index (κ3) is 35.3. The number of unbranched alkanes of at least 4 members (excludes halogenated alkanes) is 39. The fourth-order valence-corrected chi connectivity index (χ4v) is 9.67. The van der Waals surface area contributed by atoms with Crippen LogP contribution in [0.5, 0.6) is 0 Å². The molecule has 1 aliphatic rings. The van der Waals surface area contributed by atoms with Crippen LogP contribution in [-0.4, -0.2) is 98.7 Å². The number of hydrogen-bond acceptors (Lipinski definition) is 9. The van der Waals surface area contributed by atoms with Crippen molar-refractivity contribution in [2.24, 2.45) is 0 Å². The first-order valence-electron chi connectivity index (χ1n) is 28.8. The lowest BCUT2D eigenvalue weighted by molar-refractivity contribution is -0.303. The number of carbonyl (C=O) groups excluding carboxylic acids is 1. The number of ether oxygens (including phenoxy) is 2. The molecule has 0 bridgehead atoms. The van der Waals surface area contributed by atoms with E-state index in [2.05, 4.69) is 19.2 Å². The fourth-order valence-electron chi connectivity index (χ4n) is 9.67. The van der Waals surface area contributed by atoms with E-state index in [0.29, 0.717) is 6.42 Å². The Morgan fingerprint density at radius 2 is 0.788 bits per heavy atom. The zero-order valence-electron chi connectivity index (χ0n) is 43.3. The largest absolute Gasteiger partial charge is 0.394 e. The maximum Gasteiger partial charge on any atom is 0.220 e. The lowest BCUT2D eigenvalue weighted by Gasteiger charge is -2.40. The van der Waals surface area contributed by atoms with Gasteiger partial charge in [0.15, 0.2) is 6.29 Å². The van der Waals surface area contributed by atoms with Gasteiger partial charge in [0.05, 0.1) is 25.4 Å². The molecule has 8 atom stereocenters. The normalized spacial score (nSPS) is 20.2. The Kier molecular flexibility index (Phi) is 44.5. The molecular weight excluding hydrogens is 831 g/mol. The Hall–Kier alpha value is -0.850. The van der Waals surface area contributed by atoms with Crippen molar-refractivity contribution in [1.29, 1.82) is 0 Å². The molecule has 2 unspecified atom stereocenters. The van der Waals surface area contributed by atoms with E-state index in [1.165, 1.54) is 225 Å². The van der Waals surface area contributed by atoms with E-state index < -0.39 is 55.6 Å². The summed E-state index contributed by atoms with van der Waals surface area (Å²) in [5.41, 5.74) is 0. The Bertz CT molecular complexity index is 1020. The first-order chi connectivity index (χ1) is 32.3. The molecule has 1 heterocycles. The molecule has 0 spiro atoms. The second-order valence-corrected chi connectivity index (χ2v) is 20.6. The Morgan fingerprint density at radius 1 is 0.470 bits per heavy atom. The molecular formula is C56H111NO9. The van der Waals surface area contributed by atoms with E-state index in [1.54, 1.807) is 0 Å². The van der Waals surface area contributed by atoms with Gasteiger partial charge in [0.1, 0.15) is 30.5 Å². The minimum absolute atomic E-state index is 0.250. The van der Waals surface area contributed by atoms with Crippen LogP contribution >= 0.6 is 0 Å². The first-order valence-corrected chi connectivity index (χ1v) is 28.8. The monoisotopic (exact) mass is 942 g/mol. The number of aliphatic hydroxyl groups excluding tert-OH is 6. The molecule has 0 aromatic rings. The summed E-state index contributed by atoms with van der Waals surface area (Å²) in [5, 5.41) is 65.5. The second-order valence-electron chi connectivity index (χ2n) is 20.6. The summed E-state index contributed by atoms with van der Waals surface area (Å²) in [6, 6.07) is -0.986. The van der Waals surface area contributed by atoms with Gasteiger partial charge in [-0.1, -0.05) is 271 Å². The van der Waals surface area contributed by atoms with Crippen LogP contribution < -0.4 is 5.32 Å². The highest BCUT2D eigenvalue weighted by Gasteiger charge is 2.44. The van der Waals surface area contributed by atoms with E-state index in [-0.39, 0.29) is 18.9 Å². The molecule has 7 N–H and O–H groups in total. The summed E-state index contributed by atoms with van der Waals surface area (Å²) in [5.74, 6) is -0.250. The maximum atomic E-state index is 13.1. The predicted octanol–water partition coefficient (Wildman–Crippen LogP) is 12.8.